The Balaban J connectivity index is 2.08. The van der Waals surface area contributed by atoms with E-state index < -0.39 is 0 Å². The van der Waals surface area contributed by atoms with Crippen molar-refractivity contribution in [2.75, 3.05) is 31.1 Å². The van der Waals surface area contributed by atoms with Crippen LogP contribution in [0.25, 0.3) is 0 Å². The molecule has 1 aromatic heterocycles. The van der Waals surface area contributed by atoms with Crippen molar-refractivity contribution >= 4 is 5.82 Å². The molecule has 0 saturated carbocycles. The standard InChI is InChI=1S/C15H26N4O/c1-4-20-15-10-17-9-14(18-15)19(12(2)3)11-13-5-7-16-8-6-13/h9-10,12-13,16H,4-8,11H2,1-3H3. The number of hydrogen-bond donors (Lipinski definition) is 1. The van der Waals surface area contributed by atoms with Gasteiger partial charge in [0.2, 0.25) is 5.88 Å². The van der Waals surface area contributed by atoms with E-state index in [0.29, 0.717) is 18.5 Å². The van der Waals surface area contributed by atoms with Crippen molar-refractivity contribution in [3.63, 3.8) is 0 Å². The largest absolute Gasteiger partial charge is 0.477 e. The van der Waals surface area contributed by atoms with Crippen molar-refractivity contribution in [1.29, 1.82) is 0 Å². The SMILES string of the molecule is CCOc1cncc(N(CC2CCNCC2)C(C)C)n1. The van der Waals surface area contributed by atoms with Crippen LogP contribution in [0, 0.1) is 5.92 Å². The fourth-order valence-corrected chi connectivity index (χ4v) is 2.61. The molecule has 112 valence electrons. The summed E-state index contributed by atoms with van der Waals surface area (Å²) in [6.07, 6.45) is 5.99. The number of nitrogens with zero attached hydrogens (tertiary/aromatic N) is 3. The Bertz CT molecular complexity index is 405. The van der Waals surface area contributed by atoms with Crippen molar-refractivity contribution in [1.82, 2.24) is 15.3 Å². The first-order chi connectivity index (χ1) is 9.70. The van der Waals surface area contributed by atoms with E-state index in [-0.39, 0.29) is 0 Å². The smallest absolute Gasteiger partial charge is 0.234 e. The number of hydrogen-bond acceptors (Lipinski definition) is 5. The number of nitrogens with one attached hydrogen (secondary N) is 1. The minimum absolute atomic E-state index is 0.413. The summed E-state index contributed by atoms with van der Waals surface area (Å²) >= 11 is 0. The van der Waals surface area contributed by atoms with Crippen molar-refractivity contribution in [3.05, 3.63) is 12.4 Å². The molecule has 0 aliphatic carbocycles. The predicted octanol–water partition coefficient (Wildman–Crippen LogP) is 2.09. The van der Waals surface area contributed by atoms with Gasteiger partial charge in [-0.15, -0.1) is 0 Å². The third-order valence-electron chi connectivity index (χ3n) is 3.72. The van der Waals surface area contributed by atoms with E-state index in [2.05, 4.69) is 34.0 Å². The van der Waals surface area contributed by atoms with Crippen LogP contribution in [0.1, 0.15) is 33.6 Å². The maximum Gasteiger partial charge on any atom is 0.234 e. The lowest BCUT2D eigenvalue weighted by Gasteiger charge is -2.33. The van der Waals surface area contributed by atoms with Gasteiger partial charge in [-0.05, 0) is 52.6 Å². The third kappa shape index (κ3) is 4.07. The first-order valence-electron chi connectivity index (χ1n) is 7.63. The molecule has 0 aromatic carbocycles. The molecule has 1 aliphatic rings. The number of rotatable bonds is 6. The molecule has 0 unspecified atom stereocenters. The van der Waals surface area contributed by atoms with Crippen LogP contribution in [-0.4, -0.2) is 42.3 Å². The lowest BCUT2D eigenvalue weighted by molar-refractivity contribution is 0.324. The van der Waals surface area contributed by atoms with Crippen molar-refractivity contribution in [3.8, 4) is 5.88 Å². The Morgan fingerprint density at radius 2 is 2.10 bits per heavy atom. The highest BCUT2D eigenvalue weighted by molar-refractivity contribution is 5.38. The van der Waals surface area contributed by atoms with E-state index in [4.69, 9.17) is 4.74 Å². The van der Waals surface area contributed by atoms with E-state index in [9.17, 15) is 0 Å². The lowest BCUT2D eigenvalue weighted by Crippen LogP contribution is -2.40. The van der Waals surface area contributed by atoms with E-state index in [1.807, 2.05) is 13.1 Å². The summed E-state index contributed by atoms with van der Waals surface area (Å²) in [5.74, 6) is 2.27. The molecule has 1 fully saturated rings. The zero-order valence-electron chi connectivity index (χ0n) is 12.8. The topological polar surface area (TPSA) is 50.3 Å². The molecule has 1 aromatic rings. The Kier molecular flexibility index (Phi) is 5.59. The molecule has 0 amide bonds. The summed E-state index contributed by atoms with van der Waals surface area (Å²) in [6.45, 7) is 10.3. The van der Waals surface area contributed by atoms with Gasteiger partial charge in [-0.1, -0.05) is 0 Å². The molecule has 0 bridgehead atoms. The van der Waals surface area contributed by atoms with Gasteiger partial charge in [-0.3, -0.25) is 4.98 Å². The van der Waals surface area contributed by atoms with E-state index >= 15 is 0 Å². The quantitative estimate of drug-likeness (QED) is 0.863. The second kappa shape index (κ2) is 7.43. The molecule has 5 nitrogen and oxygen atoms in total. The first kappa shape index (κ1) is 15.0. The Labute approximate surface area is 121 Å². The number of aromatic nitrogens is 2. The maximum absolute atomic E-state index is 5.46. The summed E-state index contributed by atoms with van der Waals surface area (Å²) < 4.78 is 5.46. The van der Waals surface area contributed by atoms with Gasteiger partial charge in [0.15, 0.2) is 5.82 Å². The van der Waals surface area contributed by atoms with Crippen molar-refractivity contribution < 1.29 is 4.74 Å². The van der Waals surface area contributed by atoms with E-state index in [1.165, 1.54) is 12.8 Å². The van der Waals surface area contributed by atoms with Crippen LogP contribution < -0.4 is 15.0 Å². The molecule has 0 spiro atoms. The second-order valence-electron chi connectivity index (χ2n) is 5.59. The first-order valence-corrected chi connectivity index (χ1v) is 7.63. The zero-order valence-corrected chi connectivity index (χ0v) is 12.8. The summed E-state index contributed by atoms with van der Waals surface area (Å²) in [4.78, 5) is 11.2. The van der Waals surface area contributed by atoms with Crippen LogP contribution in [0.4, 0.5) is 5.82 Å². The summed E-state index contributed by atoms with van der Waals surface area (Å²) in [7, 11) is 0. The number of anilines is 1. The summed E-state index contributed by atoms with van der Waals surface area (Å²) in [6, 6.07) is 0.413. The fourth-order valence-electron chi connectivity index (χ4n) is 2.61. The Hall–Kier alpha value is -1.36. The average Bonchev–Trinajstić information content (AvgIpc) is 2.46. The van der Waals surface area contributed by atoms with Gasteiger partial charge in [0.25, 0.3) is 0 Å². The van der Waals surface area contributed by atoms with E-state index in [0.717, 1.165) is 31.4 Å². The Morgan fingerprint density at radius 3 is 2.75 bits per heavy atom. The van der Waals surface area contributed by atoms with Crippen LogP contribution in [0.2, 0.25) is 0 Å². The average molecular weight is 278 g/mol. The molecule has 0 atom stereocenters. The zero-order chi connectivity index (χ0) is 14.4. The molecule has 1 aliphatic heterocycles. The van der Waals surface area contributed by atoms with Crippen molar-refractivity contribution in [2.24, 2.45) is 5.92 Å². The molecule has 20 heavy (non-hydrogen) atoms. The van der Waals surface area contributed by atoms with Crippen LogP contribution in [-0.2, 0) is 0 Å². The Morgan fingerprint density at radius 1 is 1.35 bits per heavy atom. The van der Waals surface area contributed by atoms with Crippen LogP contribution in [0.3, 0.4) is 0 Å². The van der Waals surface area contributed by atoms with Gasteiger partial charge in [0, 0.05) is 12.6 Å². The molecule has 2 heterocycles. The molecular formula is C15H26N4O. The van der Waals surface area contributed by atoms with Gasteiger partial charge in [-0.2, -0.15) is 4.98 Å². The molecule has 5 heteroatoms. The molecule has 2 rings (SSSR count). The molecule has 0 radical (unpaired) electrons. The molecule has 1 saturated heterocycles. The summed E-state index contributed by atoms with van der Waals surface area (Å²) in [5.41, 5.74) is 0. The minimum Gasteiger partial charge on any atom is -0.477 e. The van der Waals surface area contributed by atoms with Gasteiger partial charge in [0.1, 0.15) is 0 Å². The second-order valence-corrected chi connectivity index (χ2v) is 5.59. The van der Waals surface area contributed by atoms with Crippen LogP contribution in [0.5, 0.6) is 5.88 Å². The molecule has 1 N–H and O–H groups in total. The highest BCUT2D eigenvalue weighted by atomic mass is 16.5. The number of piperidine rings is 1. The predicted molar refractivity (Wildman–Crippen MR) is 81.3 cm³/mol. The minimum atomic E-state index is 0.413. The van der Waals surface area contributed by atoms with Gasteiger partial charge in [0.05, 0.1) is 19.0 Å². The van der Waals surface area contributed by atoms with Crippen LogP contribution >= 0.6 is 0 Å². The van der Waals surface area contributed by atoms with Gasteiger partial charge >= 0.3 is 0 Å². The lowest BCUT2D eigenvalue weighted by atomic mass is 9.97. The monoisotopic (exact) mass is 278 g/mol. The normalized spacial score (nSPS) is 16.4. The van der Waals surface area contributed by atoms with Gasteiger partial charge < -0.3 is 15.0 Å². The maximum atomic E-state index is 5.46. The van der Waals surface area contributed by atoms with Crippen LogP contribution in [0.15, 0.2) is 12.4 Å². The van der Waals surface area contributed by atoms with Crippen molar-refractivity contribution in [2.45, 2.75) is 39.7 Å². The fraction of sp³-hybridized carbons (Fsp3) is 0.733. The third-order valence-corrected chi connectivity index (χ3v) is 3.72. The molecular weight excluding hydrogens is 252 g/mol. The van der Waals surface area contributed by atoms with Gasteiger partial charge in [-0.25, -0.2) is 0 Å². The number of ether oxygens (including phenoxy) is 1. The highest BCUT2D eigenvalue weighted by Crippen LogP contribution is 2.21. The summed E-state index contributed by atoms with van der Waals surface area (Å²) in [5, 5.41) is 3.42. The van der Waals surface area contributed by atoms with E-state index in [1.54, 1.807) is 6.20 Å². The highest BCUT2D eigenvalue weighted by Gasteiger charge is 2.20.